The van der Waals surface area contributed by atoms with Crippen molar-refractivity contribution in [3.63, 3.8) is 0 Å². The van der Waals surface area contributed by atoms with Crippen LogP contribution in [0.3, 0.4) is 0 Å². The number of nitrogens with zero attached hydrogens (tertiary/aromatic N) is 2. The monoisotopic (exact) mass is 283 g/mol. The molecule has 0 atom stereocenters. The molecular formula is C13H21N3O2S. The Bertz CT molecular complexity index is 499. The zero-order chi connectivity index (χ0) is 13.7. The van der Waals surface area contributed by atoms with Gasteiger partial charge in [-0.05, 0) is 31.5 Å². The first-order valence-corrected chi connectivity index (χ1v) is 8.53. The molecule has 0 unspecified atom stereocenters. The Balaban J connectivity index is 1.93. The Morgan fingerprint density at radius 1 is 1.32 bits per heavy atom. The van der Waals surface area contributed by atoms with E-state index in [0.717, 1.165) is 37.4 Å². The predicted molar refractivity (Wildman–Crippen MR) is 76.9 cm³/mol. The van der Waals surface area contributed by atoms with Crippen LogP contribution in [0.25, 0.3) is 0 Å². The predicted octanol–water partition coefficient (Wildman–Crippen LogP) is 1.13. The van der Waals surface area contributed by atoms with Gasteiger partial charge in [0, 0.05) is 25.8 Å². The highest BCUT2D eigenvalue weighted by molar-refractivity contribution is 7.91. The van der Waals surface area contributed by atoms with Gasteiger partial charge < -0.3 is 5.32 Å². The Labute approximate surface area is 114 Å². The molecule has 1 saturated heterocycles. The lowest BCUT2D eigenvalue weighted by Gasteiger charge is -2.19. The fourth-order valence-corrected chi connectivity index (χ4v) is 3.52. The highest BCUT2D eigenvalue weighted by Crippen LogP contribution is 2.11. The minimum atomic E-state index is -2.83. The van der Waals surface area contributed by atoms with Gasteiger partial charge in [0.05, 0.1) is 11.5 Å². The van der Waals surface area contributed by atoms with E-state index in [-0.39, 0.29) is 5.75 Å². The first kappa shape index (κ1) is 14.3. The van der Waals surface area contributed by atoms with Crippen LogP contribution in [0.2, 0.25) is 0 Å². The van der Waals surface area contributed by atoms with Gasteiger partial charge in [-0.2, -0.15) is 0 Å². The highest BCUT2D eigenvalue weighted by Gasteiger charge is 2.18. The Morgan fingerprint density at radius 3 is 2.84 bits per heavy atom. The maximum absolute atomic E-state index is 11.5. The SMILES string of the molecule is CCNc1ccc(CN2CCCS(=O)(=O)CC2)cn1. The lowest BCUT2D eigenvalue weighted by molar-refractivity contribution is 0.287. The molecule has 1 fully saturated rings. The van der Waals surface area contributed by atoms with Crippen LogP contribution in [0.4, 0.5) is 5.82 Å². The number of nitrogens with one attached hydrogen (secondary N) is 1. The van der Waals surface area contributed by atoms with E-state index < -0.39 is 9.84 Å². The number of rotatable bonds is 4. The minimum Gasteiger partial charge on any atom is -0.370 e. The lowest BCUT2D eigenvalue weighted by Crippen LogP contribution is -2.26. The number of hydrogen-bond acceptors (Lipinski definition) is 5. The molecule has 1 aromatic heterocycles. The van der Waals surface area contributed by atoms with Crippen LogP contribution in [0, 0.1) is 0 Å². The summed E-state index contributed by atoms with van der Waals surface area (Å²) in [6.07, 6.45) is 2.59. The molecule has 2 heterocycles. The second-order valence-electron chi connectivity index (χ2n) is 4.86. The highest BCUT2D eigenvalue weighted by atomic mass is 32.2. The first-order valence-electron chi connectivity index (χ1n) is 6.70. The van der Waals surface area contributed by atoms with Gasteiger partial charge >= 0.3 is 0 Å². The third kappa shape index (κ3) is 4.47. The van der Waals surface area contributed by atoms with Crippen LogP contribution >= 0.6 is 0 Å². The van der Waals surface area contributed by atoms with E-state index in [0.29, 0.717) is 12.3 Å². The summed E-state index contributed by atoms with van der Waals surface area (Å²) >= 11 is 0. The molecular weight excluding hydrogens is 262 g/mol. The van der Waals surface area contributed by atoms with Crippen LogP contribution < -0.4 is 5.32 Å². The second-order valence-corrected chi connectivity index (χ2v) is 7.17. The number of hydrogen-bond donors (Lipinski definition) is 1. The summed E-state index contributed by atoms with van der Waals surface area (Å²) in [5.74, 6) is 1.47. The molecule has 2 rings (SSSR count). The molecule has 0 saturated carbocycles. The molecule has 106 valence electrons. The summed E-state index contributed by atoms with van der Waals surface area (Å²) in [6, 6.07) is 4.01. The molecule has 1 aliphatic rings. The lowest BCUT2D eigenvalue weighted by atomic mass is 10.2. The molecule has 0 aromatic carbocycles. The zero-order valence-electron chi connectivity index (χ0n) is 11.3. The topological polar surface area (TPSA) is 62.3 Å². The van der Waals surface area contributed by atoms with E-state index in [1.807, 2.05) is 25.3 Å². The van der Waals surface area contributed by atoms with Crippen molar-refractivity contribution < 1.29 is 8.42 Å². The Hall–Kier alpha value is -1.14. The van der Waals surface area contributed by atoms with Gasteiger partial charge in [0.1, 0.15) is 5.82 Å². The van der Waals surface area contributed by atoms with Gasteiger partial charge in [-0.1, -0.05) is 6.07 Å². The molecule has 0 radical (unpaired) electrons. The summed E-state index contributed by atoms with van der Waals surface area (Å²) in [7, 11) is -2.83. The van der Waals surface area contributed by atoms with Crippen molar-refractivity contribution in [3.05, 3.63) is 23.9 Å². The van der Waals surface area contributed by atoms with Gasteiger partial charge in [-0.3, -0.25) is 4.90 Å². The summed E-state index contributed by atoms with van der Waals surface area (Å²) in [4.78, 5) is 6.52. The molecule has 6 heteroatoms. The van der Waals surface area contributed by atoms with E-state index in [1.54, 1.807) is 0 Å². The maximum atomic E-state index is 11.5. The summed E-state index contributed by atoms with van der Waals surface area (Å²) < 4.78 is 23.1. The van der Waals surface area contributed by atoms with Crippen molar-refractivity contribution in [2.75, 3.05) is 36.5 Å². The van der Waals surface area contributed by atoms with Gasteiger partial charge in [-0.15, -0.1) is 0 Å². The maximum Gasteiger partial charge on any atom is 0.151 e. The molecule has 0 aliphatic carbocycles. The number of anilines is 1. The third-order valence-corrected chi connectivity index (χ3v) is 4.95. The molecule has 0 bridgehead atoms. The van der Waals surface area contributed by atoms with Crippen LogP contribution in [-0.4, -0.2) is 49.4 Å². The van der Waals surface area contributed by atoms with E-state index in [1.165, 1.54) is 0 Å². The molecule has 5 nitrogen and oxygen atoms in total. The summed E-state index contributed by atoms with van der Waals surface area (Å²) in [5, 5.41) is 3.16. The van der Waals surface area contributed by atoms with Crippen molar-refractivity contribution in [1.29, 1.82) is 0 Å². The summed E-state index contributed by atoms with van der Waals surface area (Å²) in [6.45, 7) is 5.13. The molecule has 0 spiro atoms. The third-order valence-electron chi connectivity index (χ3n) is 3.24. The van der Waals surface area contributed by atoms with Crippen LogP contribution in [-0.2, 0) is 16.4 Å². The summed E-state index contributed by atoms with van der Waals surface area (Å²) in [5.41, 5.74) is 1.13. The number of sulfone groups is 1. The fourth-order valence-electron chi connectivity index (χ4n) is 2.21. The quantitative estimate of drug-likeness (QED) is 0.897. The van der Waals surface area contributed by atoms with Crippen molar-refractivity contribution in [1.82, 2.24) is 9.88 Å². The first-order chi connectivity index (χ1) is 9.09. The van der Waals surface area contributed by atoms with Gasteiger partial charge in [-0.25, -0.2) is 13.4 Å². The largest absolute Gasteiger partial charge is 0.370 e. The Kier molecular flexibility index (Phi) is 4.76. The molecule has 1 aromatic rings. The number of aromatic nitrogens is 1. The molecule has 1 aliphatic heterocycles. The average Bonchev–Trinajstić information content (AvgIpc) is 2.54. The van der Waals surface area contributed by atoms with Crippen LogP contribution in [0.5, 0.6) is 0 Å². The molecule has 0 amide bonds. The minimum absolute atomic E-state index is 0.274. The van der Waals surface area contributed by atoms with E-state index in [4.69, 9.17) is 0 Å². The molecule has 19 heavy (non-hydrogen) atoms. The normalized spacial score (nSPS) is 19.8. The van der Waals surface area contributed by atoms with E-state index in [2.05, 4.69) is 15.2 Å². The van der Waals surface area contributed by atoms with Gasteiger partial charge in [0.25, 0.3) is 0 Å². The van der Waals surface area contributed by atoms with Gasteiger partial charge in [0.2, 0.25) is 0 Å². The molecule has 1 N–H and O–H groups in total. The van der Waals surface area contributed by atoms with Crippen LogP contribution in [0.15, 0.2) is 18.3 Å². The van der Waals surface area contributed by atoms with Crippen molar-refractivity contribution in [2.24, 2.45) is 0 Å². The van der Waals surface area contributed by atoms with Crippen molar-refractivity contribution in [2.45, 2.75) is 19.9 Å². The second kappa shape index (κ2) is 6.34. The van der Waals surface area contributed by atoms with Gasteiger partial charge in [0.15, 0.2) is 9.84 Å². The van der Waals surface area contributed by atoms with Crippen LogP contribution in [0.1, 0.15) is 18.9 Å². The van der Waals surface area contributed by atoms with Crippen molar-refractivity contribution in [3.8, 4) is 0 Å². The van der Waals surface area contributed by atoms with E-state index in [9.17, 15) is 8.42 Å². The standard InChI is InChI=1S/C13H21N3O2S/c1-2-14-13-5-4-12(10-15-13)11-16-6-3-8-19(17,18)9-7-16/h4-5,10H,2-3,6-9,11H2,1H3,(H,14,15). The smallest absolute Gasteiger partial charge is 0.151 e. The average molecular weight is 283 g/mol. The van der Waals surface area contributed by atoms with E-state index >= 15 is 0 Å². The zero-order valence-corrected chi connectivity index (χ0v) is 12.1. The fraction of sp³-hybridized carbons (Fsp3) is 0.615. The van der Waals surface area contributed by atoms with Crippen molar-refractivity contribution >= 4 is 15.7 Å². The number of pyridine rings is 1. The Morgan fingerprint density at radius 2 is 2.16 bits per heavy atom.